The smallest absolute Gasteiger partial charge is 0.130 e. The molecule has 0 bridgehead atoms. The third-order valence-electron chi connectivity index (χ3n) is 3.45. The van der Waals surface area contributed by atoms with Crippen LogP contribution in [0.1, 0.15) is 45.7 Å². The van der Waals surface area contributed by atoms with E-state index in [9.17, 15) is 4.39 Å². The molecule has 0 aliphatic heterocycles. The maximum atomic E-state index is 14.2. The van der Waals surface area contributed by atoms with Gasteiger partial charge in [-0.25, -0.2) is 4.39 Å². The number of hydrogen-bond acceptors (Lipinski definition) is 3. The third kappa shape index (κ3) is 5.64. The van der Waals surface area contributed by atoms with E-state index in [-0.39, 0.29) is 18.0 Å². The van der Waals surface area contributed by atoms with Gasteiger partial charge in [0.2, 0.25) is 0 Å². The number of benzene rings is 1. The maximum Gasteiger partial charge on any atom is 0.130 e. The lowest BCUT2D eigenvalue weighted by atomic mass is 10.0. The molecule has 0 radical (unpaired) electrons. The summed E-state index contributed by atoms with van der Waals surface area (Å²) in [4.78, 5) is 2.06. The van der Waals surface area contributed by atoms with Crippen molar-refractivity contribution in [1.82, 2.24) is 5.32 Å². The van der Waals surface area contributed by atoms with Gasteiger partial charge in [-0.3, -0.25) is 0 Å². The van der Waals surface area contributed by atoms with Gasteiger partial charge in [-0.2, -0.15) is 0 Å². The Balaban J connectivity index is 2.83. The molecule has 1 aromatic rings. The summed E-state index contributed by atoms with van der Waals surface area (Å²) < 4.78 is 19.8. The average Bonchev–Trinajstić information content (AvgIpc) is 2.43. The summed E-state index contributed by atoms with van der Waals surface area (Å²) in [5, 5.41) is 3.36. The highest BCUT2D eigenvalue weighted by atomic mass is 19.1. The van der Waals surface area contributed by atoms with Crippen molar-refractivity contribution in [3.05, 3.63) is 29.6 Å². The first-order valence-electron chi connectivity index (χ1n) is 7.81. The topological polar surface area (TPSA) is 24.5 Å². The number of likely N-dealkylation sites (N-methyl/N-ethyl adjacent to an activating group) is 1. The highest BCUT2D eigenvalue weighted by molar-refractivity contribution is 5.55. The molecule has 0 heterocycles. The summed E-state index contributed by atoms with van der Waals surface area (Å²) in [7, 11) is 1.98. The van der Waals surface area contributed by atoms with Crippen LogP contribution in [-0.4, -0.2) is 32.8 Å². The normalized spacial score (nSPS) is 12.7. The van der Waals surface area contributed by atoms with Crippen LogP contribution < -0.4 is 10.2 Å². The van der Waals surface area contributed by atoms with Crippen LogP contribution in [0.4, 0.5) is 10.1 Å². The van der Waals surface area contributed by atoms with E-state index in [1.54, 1.807) is 6.07 Å². The third-order valence-corrected chi connectivity index (χ3v) is 3.45. The quantitative estimate of drug-likeness (QED) is 0.751. The van der Waals surface area contributed by atoms with E-state index in [2.05, 4.69) is 17.1 Å². The highest BCUT2D eigenvalue weighted by Crippen LogP contribution is 2.28. The Kier molecular flexibility index (Phi) is 7.68. The Hall–Kier alpha value is -1.13. The van der Waals surface area contributed by atoms with Gasteiger partial charge in [0, 0.05) is 30.9 Å². The van der Waals surface area contributed by atoms with Gasteiger partial charge in [0.25, 0.3) is 0 Å². The molecule has 0 amide bonds. The molecule has 1 unspecified atom stereocenters. The predicted octanol–water partition coefficient (Wildman–Crippen LogP) is 3.75. The van der Waals surface area contributed by atoms with Gasteiger partial charge < -0.3 is 15.0 Å². The van der Waals surface area contributed by atoms with Crippen molar-refractivity contribution in [2.75, 3.05) is 31.6 Å². The zero-order chi connectivity index (χ0) is 15.8. The standard InChI is InChI=1S/C17H29FN2O/c1-6-10-19-14(4)17-15(18)8-7-9-16(17)20(5)11-12-21-13(2)3/h7-9,13-14,19H,6,10-12H2,1-5H3. The molecule has 1 aromatic carbocycles. The summed E-state index contributed by atoms with van der Waals surface area (Å²) in [6, 6.07) is 5.26. The molecule has 3 nitrogen and oxygen atoms in total. The number of hydrogen-bond donors (Lipinski definition) is 1. The molecule has 1 atom stereocenters. The summed E-state index contributed by atoms with van der Waals surface area (Å²) in [5.74, 6) is -0.153. The fourth-order valence-corrected chi connectivity index (χ4v) is 2.30. The summed E-state index contributed by atoms with van der Waals surface area (Å²) in [6.07, 6.45) is 1.25. The average molecular weight is 296 g/mol. The lowest BCUT2D eigenvalue weighted by molar-refractivity contribution is 0.0846. The van der Waals surface area contributed by atoms with Crippen molar-refractivity contribution in [3.63, 3.8) is 0 Å². The SMILES string of the molecule is CCCNC(C)c1c(F)cccc1N(C)CCOC(C)C. The van der Waals surface area contributed by atoms with Crippen LogP contribution in [0.2, 0.25) is 0 Å². The maximum absolute atomic E-state index is 14.2. The molecule has 1 rings (SSSR count). The van der Waals surface area contributed by atoms with Crippen LogP contribution in [0.5, 0.6) is 0 Å². The van der Waals surface area contributed by atoms with Crippen molar-refractivity contribution in [2.45, 2.75) is 46.3 Å². The van der Waals surface area contributed by atoms with Gasteiger partial charge >= 0.3 is 0 Å². The van der Waals surface area contributed by atoms with Gasteiger partial charge in [0.1, 0.15) is 5.82 Å². The molecule has 0 aliphatic rings. The van der Waals surface area contributed by atoms with Crippen LogP contribution in [-0.2, 0) is 4.74 Å². The second-order valence-corrected chi connectivity index (χ2v) is 5.69. The van der Waals surface area contributed by atoms with Crippen molar-refractivity contribution in [3.8, 4) is 0 Å². The number of nitrogens with one attached hydrogen (secondary N) is 1. The molecule has 0 fully saturated rings. The van der Waals surface area contributed by atoms with E-state index >= 15 is 0 Å². The van der Waals surface area contributed by atoms with Gasteiger partial charge in [0.05, 0.1) is 12.7 Å². The lowest BCUT2D eigenvalue weighted by Crippen LogP contribution is -2.28. The van der Waals surface area contributed by atoms with Gasteiger partial charge in [-0.1, -0.05) is 13.0 Å². The Morgan fingerprint density at radius 3 is 2.62 bits per heavy atom. The number of ether oxygens (including phenoxy) is 1. The van der Waals surface area contributed by atoms with Crippen LogP contribution >= 0.6 is 0 Å². The van der Waals surface area contributed by atoms with Crippen LogP contribution in [0, 0.1) is 5.82 Å². The second-order valence-electron chi connectivity index (χ2n) is 5.69. The molecule has 0 saturated carbocycles. The first-order valence-corrected chi connectivity index (χ1v) is 7.81. The molecule has 0 saturated heterocycles. The van der Waals surface area contributed by atoms with Gasteiger partial charge in [-0.15, -0.1) is 0 Å². The van der Waals surface area contributed by atoms with Crippen LogP contribution in [0.3, 0.4) is 0 Å². The van der Waals surface area contributed by atoms with E-state index in [1.165, 1.54) is 6.07 Å². The minimum atomic E-state index is -0.153. The molecule has 0 spiro atoms. The molecular weight excluding hydrogens is 267 g/mol. The summed E-state index contributed by atoms with van der Waals surface area (Å²) in [5.41, 5.74) is 1.66. The van der Waals surface area contributed by atoms with Gasteiger partial charge in [0.15, 0.2) is 0 Å². The Labute approximate surface area is 128 Å². The number of nitrogens with zero attached hydrogens (tertiary/aromatic N) is 1. The number of halogens is 1. The Bertz CT molecular complexity index is 423. The zero-order valence-electron chi connectivity index (χ0n) is 13.9. The van der Waals surface area contributed by atoms with Crippen molar-refractivity contribution in [1.29, 1.82) is 0 Å². The molecular formula is C17H29FN2O. The van der Waals surface area contributed by atoms with Crippen LogP contribution in [0.25, 0.3) is 0 Å². The number of rotatable bonds is 9. The second kappa shape index (κ2) is 9.00. The van der Waals surface area contributed by atoms with Crippen molar-refractivity contribution in [2.24, 2.45) is 0 Å². The summed E-state index contributed by atoms with van der Waals surface area (Å²) >= 11 is 0. The Morgan fingerprint density at radius 1 is 1.29 bits per heavy atom. The molecule has 1 N–H and O–H groups in total. The molecule has 4 heteroatoms. The van der Waals surface area contributed by atoms with E-state index in [0.717, 1.165) is 30.8 Å². The molecule has 0 aliphatic carbocycles. The number of anilines is 1. The van der Waals surface area contributed by atoms with E-state index in [1.807, 2.05) is 33.9 Å². The fraction of sp³-hybridized carbons (Fsp3) is 0.647. The minimum absolute atomic E-state index is 0.00498. The minimum Gasteiger partial charge on any atom is -0.377 e. The monoisotopic (exact) mass is 296 g/mol. The van der Waals surface area contributed by atoms with Crippen molar-refractivity contribution < 1.29 is 9.13 Å². The molecule has 120 valence electrons. The first-order chi connectivity index (χ1) is 9.97. The van der Waals surface area contributed by atoms with Gasteiger partial charge in [-0.05, 0) is 45.9 Å². The zero-order valence-corrected chi connectivity index (χ0v) is 13.9. The van der Waals surface area contributed by atoms with E-state index in [0.29, 0.717) is 6.61 Å². The first kappa shape index (κ1) is 17.9. The molecule has 21 heavy (non-hydrogen) atoms. The fourth-order valence-electron chi connectivity index (χ4n) is 2.30. The largest absolute Gasteiger partial charge is 0.377 e. The van der Waals surface area contributed by atoms with E-state index < -0.39 is 0 Å². The van der Waals surface area contributed by atoms with E-state index in [4.69, 9.17) is 4.74 Å². The summed E-state index contributed by atoms with van der Waals surface area (Å²) in [6.45, 7) is 10.4. The highest BCUT2D eigenvalue weighted by Gasteiger charge is 2.17. The lowest BCUT2D eigenvalue weighted by Gasteiger charge is -2.26. The van der Waals surface area contributed by atoms with Crippen molar-refractivity contribution >= 4 is 5.69 Å². The Morgan fingerprint density at radius 2 is 2.00 bits per heavy atom. The van der Waals surface area contributed by atoms with Crippen LogP contribution in [0.15, 0.2) is 18.2 Å². The predicted molar refractivity (Wildman–Crippen MR) is 87.5 cm³/mol. The molecule has 0 aromatic heterocycles.